The van der Waals surface area contributed by atoms with Gasteiger partial charge in [-0.15, -0.1) is 0 Å². The molecule has 1 aliphatic carbocycles. The number of ether oxygens (including phenoxy) is 2. The lowest BCUT2D eigenvalue weighted by Crippen LogP contribution is -2.52. The number of nitrogens with zero attached hydrogens (tertiary/aromatic N) is 1. The van der Waals surface area contributed by atoms with Crippen molar-refractivity contribution in [1.29, 1.82) is 5.26 Å². The predicted molar refractivity (Wildman–Crippen MR) is 69.8 cm³/mol. The molecule has 3 aliphatic rings. The van der Waals surface area contributed by atoms with E-state index in [4.69, 9.17) is 14.7 Å². The van der Waals surface area contributed by atoms with Crippen molar-refractivity contribution in [3.05, 3.63) is 29.3 Å². The third kappa shape index (κ3) is 1.35. The molecule has 0 radical (unpaired) electrons. The molecule has 98 valence electrons. The van der Waals surface area contributed by atoms with Crippen LogP contribution in [-0.4, -0.2) is 11.2 Å². The summed E-state index contributed by atoms with van der Waals surface area (Å²) in [5.41, 5.74) is 1.41. The van der Waals surface area contributed by atoms with Gasteiger partial charge in [-0.05, 0) is 50.8 Å². The van der Waals surface area contributed by atoms with Gasteiger partial charge in [0.2, 0.25) is 0 Å². The Morgan fingerprint density at radius 1 is 1.26 bits per heavy atom. The average molecular weight is 255 g/mol. The van der Waals surface area contributed by atoms with Crippen LogP contribution >= 0.6 is 0 Å². The zero-order valence-electron chi connectivity index (χ0n) is 11.1. The molecule has 0 N–H and O–H groups in total. The lowest BCUT2D eigenvalue weighted by molar-refractivity contribution is -0.0387. The predicted octanol–water partition coefficient (Wildman–Crippen LogP) is 3.48. The molecule has 19 heavy (non-hydrogen) atoms. The van der Waals surface area contributed by atoms with Gasteiger partial charge in [0.25, 0.3) is 0 Å². The Morgan fingerprint density at radius 2 is 2.05 bits per heavy atom. The molecule has 2 unspecified atom stereocenters. The second kappa shape index (κ2) is 3.52. The fraction of sp³-hybridized carbons (Fsp3) is 0.562. The summed E-state index contributed by atoms with van der Waals surface area (Å²) in [7, 11) is 0. The molecule has 0 aromatic heterocycles. The molecule has 4 rings (SSSR count). The van der Waals surface area contributed by atoms with Crippen LogP contribution in [0, 0.1) is 11.3 Å². The fourth-order valence-electron chi connectivity index (χ4n) is 3.87. The second-order valence-electron chi connectivity index (χ2n) is 6.13. The minimum Gasteiger partial charge on any atom is -0.484 e. The summed E-state index contributed by atoms with van der Waals surface area (Å²) in [4.78, 5) is 0. The lowest BCUT2D eigenvalue weighted by atomic mass is 9.72. The summed E-state index contributed by atoms with van der Waals surface area (Å²) in [6.45, 7) is 2.17. The van der Waals surface area contributed by atoms with Crippen molar-refractivity contribution < 1.29 is 9.47 Å². The van der Waals surface area contributed by atoms with Crippen molar-refractivity contribution in [2.75, 3.05) is 0 Å². The van der Waals surface area contributed by atoms with E-state index < -0.39 is 0 Å². The molecule has 1 aromatic carbocycles. The maximum atomic E-state index is 9.01. The molecular formula is C16H17NO2. The normalized spacial score (nSPS) is 33.8. The van der Waals surface area contributed by atoms with Gasteiger partial charge in [-0.25, -0.2) is 0 Å². The first-order valence-corrected chi connectivity index (χ1v) is 7.09. The molecule has 2 heterocycles. The third-order valence-corrected chi connectivity index (χ3v) is 5.10. The summed E-state index contributed by atoms with van der Waals surface area (Å²) in [6.07, 6.45) is 6.02. The van der Waals surface area contributed by atoms with Crippen molar-refractivity contribution in [2.45, 2.75) is 56.3 Å². The van der Waals surface area contributed by atoms with Crippen LogP contribution in [0.5, 0.6) is 5.75 Å². The Kier molecular flexibility index (Phi) is 2.09. The number of rotatable bonds is 0. The Hall–Kier alpha value is -1.53. The van der Waals surface area contributed by atoms with Gasteiger partial charge in [0.1, 0.15) is 23.1 Å². The average Bonchev–Trinajstić information content (AvgIpc) is 3.15. The zero-order valence-corrected chi connectivity index (χ0v) is 11.1. The Balaban J connectivity index is 1.80. The highest BCUT2D eigenvalue weighted by molar-refractivity contribution is 5.49. The van der Waals surface area contributed by atoms with Crippen molar-refractivity contribution in [3.63, 3.8) is 0 Å². The van der Waals surface area contributed by atoms with Gasteiger partial charge < -0.3 is 9.47 Å². The highest BCUT2D eigenvalue weighted by Gasteiger charge is 2.70. The first kappa shape index (κ1) is 11.3. The topological polar surface area (TPSA) is 45.5 Å². The first-order chi connectivity index (χ1) is 9.18. The third-order valence-electron chi connectivity index (χ3n) is 5.10. The summed E-state index contributed by atoms with van der Waals surface area (Å²) in [5, 5.41) is 9.01. The summed E-state index contributed by atoms with van der Waals surface area (Å²) in [5.74, 6) is 0.917. The largest absolute Gasteiger partial charge is 0.484 e. The summed E-state index contributed by atoms with van der Waals surface area (Å²) in [6, 6.07) is 7.88. The van der Waals surface area contributed by atoms with Gasteiger partial charge in [0, 0.05) is 5.56 Å². The standard InChI is InChI=1S/C16H17NO2/c1-15-14(19-15)12-9-11(10-17)5-6-13(12)18-16(15)7-3-2-4-8-16/h5-6,9,14H,2-4,7-8H2,1H3. The van der Waals surface area contributed by atoms with Gasteiger partial charge in [-0.1, -0.05) is 6.42 Å². The Bertz CT molecular complexity index is 583. The van der Waals surface area contributed by atoms with E-state index in [1.165, 1.54) is 19.3 Å². The van der Waals surface area contributed by atoms with Gasteiger partial charge in [0.05, 0.1) is 11.6 Å². The van der Waals surface area contributed by atoms with E-state index >= 15 is 0 Å². The van der Waals surface area contributed by atoms with Crippen LogP contribution in [0.25, 0.3) is 0 Å². The van der Waals surface area contributed by atoms with Gasteiger partial charge in [-0.2, -0.15) is 5.26 Å². The highest BCUT2D eigenvalue weighted by atomic mass is 16.7. The fourth-order valence-corrected chi connectivity index (χ4v) is 3.87. The summed E-state index contributed by atoms with van der Waals surface area (Å²) >= 11 is 0. The Morgan fingerprint density at radius 3 is 2.79 bits per heavy atom. The maximum Gasteiger partial charge on any atom is 0.140 e. The number of hydrogen-bond acceptors (Lipinski definition) is 3. The Labute approximate surface area is 113 Å². The molecule has 1 saturated heterocycles. The molecule has 2 fully saturated rings. The van der Waals surface area contributed by atoms with Crippen molar-refractivity contribution in [2.24, 2.45) is 0 Å². The van der Waals surface area contributed by atoms with Crippen LogP contribution in [0.15, 0.2) is 18.2 Å². The van der Waals surface area contributed by atoms with Crippen molar-refractivity contribution in [1.82, 2.24) is 0 Å². The van der Waals surface area contributed by atoms with Crippen LogP contribution in [0.1, 0.15) is 56.3 Å². The van der Waals surface area contributed by atoms with Gasteiger partial charge in [0.15, 0.2) is 0 Å². The van der Waals surface area contributed by atoms with Crippen molar-refractivity contribution >= 4 is 0 Å². The number of hydrogen-bond donors (Lipinski definition) is 0. The van der Waals surface area contributed by atoms with E-state index in [1.807, 2.05) is 18.2 Å². The number of epoxide rings is 1. The van der Waals surface area contributed by atoms with Crippen LogP contribution < -0.4 is 4.74 Å². The molecule has 3 nitrogen and oxygen atoms in total. The van der Waals surface area contributed by atoms with E-state index in [0.717, 1.165) is 24.2 Å². The van der Waals surface area contributed by atoms with E-state index in [-0.39, 0.29) is 17.3 Å². The van der Waals surface area contributed by atoms with E-state index in [9.17, 15) is 0 Å². The molecule has 1 aromatic rings. The molecular weight excluding hydrogens is 238 g/mol. The number of nitriles is 1. The number of fused-ring (bicyclic) bond motifs is 4. The highest BCUT2D eigenvalue weighted by Crippen LogP contribution is 2.65. The van der Waals surface area contributed by atoms with Gasteiger partial charge in [-0.3, -0.25) is 0 Å². The maximum absolute atomic E-state index is 9.01. The molecule has 0 amide bonds. The van der Waals surface area contributed by atoms with E-state index in [2.05, 4.69) is 13.0 Å². The number of benzene rings is 1. The second-order valence-corrected chi connectivity index (χ2v) is 6.13. The molecule has 1 saturated carbocycles. The van der Waals surface area contributed by atoms with E-state index in [0.29, 0.717) is 5.56 Å². The lowest BCUT2D eigenvalue weighted by Gasteiger charge is -2.43. The minimum absolute atomic E-state index is 0.114. The van der Waals surface area contributed by atoms with Crippen LogP contribution in [0.2, 0.25) is 0 Å². The van der Waals surface area contributed by atoms with Crippen molar-refractivity contribution in [3.8, 4) is 11.8 Å². The van der Waals surface area contributed by atoms with Gasteiger partial charge >= 0.3 is 0 Å². The quantitative estimate of drug-likeness (QED) is 0.667. The molecule has 2 atom stereocenters. The SMILES string of the molecule is CC12OC1c1cc(C#N)ccc1OC21CCCCC1. The molecule has 3 heteroatoms. The smallest absolute Gasteiger partial charge is 0.140 e. The van der Waals surface area contributed by atoms with Crippen LogP contribution in [0.3, 0.4) is 0 Å². The van der Waals surface area contributed by atoms with E-state index in [1.54, 1.807) is 0 Å². The molecule has 2 aliphatic heterocycles. The van der Waals surface area contributed by atoms with Crippen LogP contribution in [-0.2, 0) is 4.74 Å². The van der Waals surface area contributed by atoms with Crippen LogP contribution in [0.4, 0.5) is 0 Å². The monoisotopic (exact) mass is 255 g/mol. The molecule has 1 spiro atoms. The molecule has 0 bridgehead atoms. The zero-order chi connectivity index (χ0) is 13.1. The summed E-state index contributed by atoms with van der Waals surface area (Å²) < 4.78 is 12.4. The first-order valence-electron chi connectivity index (χ1n) is 7.09. The minimum atomic E-state index is -0.186.